The summed E-state index contributed by atoms with van der Waals surface area (Å²) < 4.78 is 12.8. The highest BCUT2D eigenvalue weighted by molar-refractivity contribution is 6.04. The Kier molecular flexibility index (Phi) is 6.04. The number of carbonyl (C=O) groups excluding carboxylic acids is 1. The first kappa shape index (κ1) is 21.1. The van der Waals surface area contributed by atoms with E-state index in [0.717, 1.165) is 29.8 Å². The molecule has 31 heavy (non-hydrogen) atoms. The molecule has 1 saturated heterocycles. The standard InChI is InChI=1S/C24H27N3O4/c1-15-12-21(19-8-10-30-11-9-19)31-24(29)22(15)23(28)25-20-6-4-18(5-7-20)14-27-17(3)13-16(2)26-27/h4-7,12-13,19H,8-11,14H2,1-3H3,(H,25,28). The summed E-state index contributed by atoms with van der Waals surface area (Å²) in [6, 6.07) is 11.4. The van der Waals surface area contributed by atoms with Crippen molar-refractivity contribution in [3.63, 3.8) is 0 Å². The summed E-state index contributed by atoms with van der Waals surface area (Å²) in [4.78, 5) is 25.3. The molecule has 0 saturated carbocycles. The van der Waals surface area contributed by atoms with Gasteiger partial charge in [0.2, 0.25) is 0 Å². The minimum atomic E-state index is -0.597. The van der Waals surface area contributed by atoms with Gasteiger partial charge in [-0.2, -0.15) is 5.10 Å². The number of amides is 1. The van der Waals surface area contributed by atoms with E-state index in [4.69, 9.17) is 9.15 Å². The van der Waals surface area contributed by atoms with Crippen LogP contribution in [0.25, 0.3) is 0 Å². The first-order valence-corrected chi connectivity index (χ1v) is 10.5. The van der Waals surface area contributed by atoms with E-state index in [9.17, 15) is 9.59 Å². The summed E-state index contributed by atoms with van der Waals surface area (Å²) in [6.45, 7) is 7.74. The fraction of sp³-hybridized carbons (Fsp3) is 0.375. The van der Waals surface area contributed by atoms with Gasteiger partial charge in [0.05, 0.1) is 12.2 Å². The van der Waals surface area contributed by atoms with Crippen molar-refractivity contribution in [3.8, 4) is 0 Å². The lowest BCUT2D eigenvalue weighted by molar-refractivity contribution is 0.0796. The monoisotopic (exact) mass is 421 g/mol. The number of benzene rings is 1. The van der Waals surface area contributed by atoms with Gasteiger partial charge in [-0.05, 0) is 69.0 Å². The third kappa shape index (κ3) is 4.77. The van der Waals surface area contributed by atoms with E-state index in [2.05, 4.69) is 10.4 Å². The van der Waals surface area contributed by atoms with Crippen LogP contribution in [-0.4, -0.2) is 28.9 Å². The van der Waals surface area contributed by atoms with Crippen LogP contribution in [0.5, 0.6) is 0 Å². The van der Waals surface area contributed by atoms with Crippen molar-refractivity contribution in [2.75, 3.05) is 18.5 Å². The molecule has 0 atom stereocenters. The third-order valence-electron chi connectivity index (χ3n) is 5.67. The number of ether oxygens (including phenoxy) is 1. The van der Waals surface area contributed by atoms with Crippen LogP contribution < -0.4 is 10.9 Å². The number of rotatable bonds is 5. The van der Waals surface area contributed by atoms with Crippen molar-refractivity contribution in [2.45, 2.75) is 46.1 Å². The van der Waals surface area contributed by atoms with Gasteiger partial charge in [0.15, 0.2) is 0 Å². The van der Waals surface area contributed by atoms with Crippen LogP contribution in [0.2, 0.25) is 0 Å². The number of carbonyl (C=O) groups is 1. The summed E-state index contributed by atoms with van der Waals surface area (Å²) in [6.07, 6.45) is 1.63. The zero-order chi connectivity index (χ0) is 22.0. The molecule has 0 unspecified atom stereocenters. The van der Waals surface area contributed by atoms with Gasteiger partial charge in [0, 0.05) is 30.5 Å². The second kappa shape index (κ2) is 8.89. The quantitative estimate of drug-likeness (QED) is 0.674. The number of aryl methyl sites for hydroxylation is 3. The Hall–Kier alpha value is -3.19. The van der Waals surface area contributed by atoms with E-state index in [1.807, 2.05) is 54.9 Å². The Balaban J connectivity index is 1.46. The Morgan fingerprint density at radius 3 is 2.45 bits per heavy atom. The number of nitrogens with zero attached hydrogens (tertiary/aromatic N) is 2. The first-order chi connectivity index (χ1) is 14.9. The molecule has 0 bridgehead atoms. The van der Waals surface area contributed by atoms with E-state index in [1.54, 1.807) is 6.92 Å². The van der Waals surface area contributed by atoms with Crippen molar-refractivity contribution in [1.82, 2.24) is 9.78 Å². The molecule has 1 aromatic carbocycles. The molecule has 1 fully saturated rings. The average Bonchev–Trinajstić information content (AvgIpc) is 3.06. The first-order valence-electron chi connectivity index (χ1n) is 10.5. The third-order valence-corrected chi connectivity index (χ3v) is 5.67. The minimum Gasteiger partial charge on any atom is -0.427 e. The molecule has 0 spiro atoms. The van der Waals surface area contributed by atoms with Crippen molar-refractivity contribution in [3.05, 3.63) is 80.7 Å². The second-order valence-electron chi connectivity index (χ2n) is 8.12. The molecule has 0 aliphatic carbocycles. The van der Waals surface area contributed by atoms with E-state index in [-0.39, 0.29) is 11.5 Å². The van der Waals surface area contributed by atoms with Gasteiger partial charge in [0.1, 0.15) is 11.3 Å². The van der Waals surface area contributed by atoms with Gasteiger partial charge < -0.3 is 14.5 Å². The van der Waals surface area contributed by atoms with Crippen molar-refractivity contribution in [1.29, 1.82) is 0 Å². The molecule has 1 aliphatic rings. The van der Waals surface area contributed by atoms with Crippen LogP contribution in [0.3, 0.4) is 0 Å². The van der Waals surface area contributed by atoms with E-state index >= 15 is 0 Å². The molecule has 7 nitrogen and oxygen atoms in total. The van der Waals surface area contributed by atoms with Gasteiger partial charge in [-0.1, -0.05) is 12.1 Å². The summed E-state index contributed by atoms with van der Waals surface area (Å²) in [5, 5.41) is 7.28. The maximum absolute atomic E-state index is 12.8. The SMILES string of the molecule is Cc1cc(C)n(Cc2ccc(NC(=O)c3c(C)cc(C4CCOCC4)oc3=O)cc2)n1. The van der Waals surface area contributed by atoms with Gasteiger partial charge in [-0.25, -0.2) is 4.79 Å². The lowest BCUT2D eigenvalue weighted by Gasteiger charge is -2.21. The number of hydrogen-bond acceptors (Lipinski definition) is 5. The Labute approximate surface area is 181 Å². The number of aromatic nitrogens is 2. The average molecular weight is 421 g/mol. The molecule has 3 heterocycles. The molecule has 162 valence electrons. The number of nitrogens with one attached hydrogen (secondary N) is 1. The van der Waals surface area contributed by atoms with Crippen LogP contribution in [0.15, 0.2) is 45.6 Å². The van der Waals surface area contributed by atoms with Crippen molar-refractivity contribution in [2.24, 2.45) is 0 Å². The largest absolute Gasteiger partial charge is 0.427 e. The summed E-state index contributed by atoms with van der Waals surface area (Å²) in [5.74, 6) is 0.332. The molecular weight excluding hydrogens is 394 g/mol. The molecule has 4 rings (SSSR count). The normalized spacial score (nSPS) is 14.5. The van der Waals surface area contributed by atoms with Crippen LogP contribution in [0.4, 0.5) is 5.69 Å². The summed E-state index contributed by atoms with van der Waals surface area (Å²) in [5.41, 5.74) is 3.84. The van der Waals surface area contributed by atoms with Gasteiger partial charge in [0.25, 0.3) is 5.91 Å². The molecular formula is C24H27N3O4. The highest BCUT2D eigenvalue weighted by atomic mass is 16.5. The molecule has 7 heteroatoms. The Morgan fingerprint density at radius 2 is 1.84 bits per heavy atom. The minimum absolute atomic E-state index is 0.0440. The topological polar surface area (TPSA) is 86.4 Å². The fourth-order valence-corrected chi connectivity index (χ4v) is 3.98. The predicted molar refractivity (Wildman–Crippen MR) is 118 cm³/mol. The molecule has 2 aromatic heterocycles. The summed E-state index contributed by atoms with van der Waals surface area (Å²) in [7, 11) is 0. The second-order valence-corrected chi connectivity index (χ2v) is 8.12. The maximum Gasteiger partial charge on any atom is 0.349 e. The molecule has 3 aromatic rings. The van der Waals surface area contributed by atoms with Crippen LogP contribution >= 0.6 is 0 Å². The van der Waals surface area contributed by atoms with Crippen molar-refractivity contribution >= 4 is 11.6 Å². The van der Waals surface area contributed by atoms with Gasteiger partial charge >= 0.3 is 5.63 Å². The summed E-state index contributed by atoms with van der Waals surface area (Å²) >= 11 is 0. The zero-order valence-corrected chi connectivity index (χ0v) is 18.1. The lowest BCUT2D eigenvalue weighted by atomic mass is 9.95. The van der Waals surface area contributed by atoms with Crippen molar-refractivity contribution < 1.29 is 13.9 Å². The molecule has 0 radical (unpaired) electrons. The van der Waals surface area contributed by atoms with Gasteiger partial charge in [-0.15, -0.1) is 0 Å². The smallest absolute Gasteiger partial charge is 0.349 e. The van der Waals surface area contributed by atoms with E-state index in [1.165, 1.54) is 0 Å². The molecule has 1 amide bonds. The van der Waals surface area contributed by atoms with E-state index < -0.39 is 11.5 Å². The Bertz CT molecular complexity index is 1140. The number of anilines is 1. The van der Waals surface area contributed by atoms with Gasteiger partial charge in [-0.3, -0.25) is 9.48 Å². The highest BCUT2D eigenvalue weighted by Gasteiger charge is 2.23. The van der Waals surface area contributed by atoms with Crippen LogP contribution in [-0.2, 0) is 11.3 Å². The highest BCUT2D eigenvalue weighted by Crippen LogP contribution is 2.27. The Morgan fingerprint density at radius 1 is 1.13 bits per heavy atom. The zero-order valence-electron chi connectivity index (χ0n) is 18.1. The van der Waals surface area contributed by atoms with E-state index in [0.29, 0.717) is 36.8 Å². The lowest BCUT2D eigenvalue weighted by Crippen LogP contribution is -2.24. The van der Waals surface area contributed by atoms with Crippen LogP contribution in [0, 0.1) is 20.8 Å². The number of hydrogen-bond donors (Lipinski definition) is 1. The predicted octanol–water partition coefficient (Wildman–Crippen LogP) is 3.96. The maximum atomic E-state index is 12.8. The molecule has 1 N–H and O–H groups in total. The van der Waals surface area contributed by atoms with Crippen LogP contribution in [0.1, 0.15) is 57.4 Å². The fourth-order valence-electron chi connectivity index (χ4n) is 3.98. The molecule has 1 aliphatic heterocycles.